The molecule has 0 unspecified atom stereocenters. The fourth-order valence-electron chi connectivity index (χ4n) is 3.41. The Kier molecular flexibility index (Phi) is 6.60. The molecule has 4 rings (SSSR count). The van der Waals surface area contributed by atoms with Crippen LogP contribution in [0.4, 0.5) is 4.39 Å². The molecule has 33 heavy (non-hydrogen) atoms. The van der Waals surface area contributed by atoms with Crippen molar-refractivity contribution in [3.63, 3.8) is 0 Å². The van der Waals surface area contributed by atoms with E-state index in [0.717, 1.165) is 22.4 Å². The number of H-pyrrole nitrogens is 1. The van der Waals surface area contributed by atoms with Crippen LogP contribution in [0.15, 0.2) is 66.9 Å². The third-order valence-electron chi connectivity index (χ3n) is 5.10. The molecule has 0 fully saturated rings. The number of rotatable bonds is 7. The highest BCUT2D eigenvalue weighted by atomic mass is 35.5. The lowest BCUT2D eigenvalue weighted by Gasteiger charge is -2.09. The summed E-state index contributed by atoms with van der Waals surface area (Å²) in [6.07, 6.45) is 1.73. The highest BCUT2D eigenvalue weighted by Gasteiger charge is 2.14. The smallest absolute Gasteiger partial charge is 0.254 e. The van der Waals surface area contributed by atoms with Crippen LogP contribution in [0.1, 0.15) is 15.9 Å². The quantitative estimate of drug-likeness (QED) is 0.378. The largest absolute Gasteiger partial charge is 0.497 e. The molecule has 0 aliphatic heterocycles. The van der Waals surface area contributed by atoms with Crippen LogP contribution in [0.25, 0.3) is 22.6 Å². The van der Waals surface area contributed by atoms with Gasteiger partial charge in [0.15, 0.2) is 0 Å². The van der Waals surface area contributed by atoms with Gasteiger partial charge in [0.25, 0.3) is 5.91 Å². The van der Waals surface area contributed by atoms with Crippen molar-refractivity contribution in [2.45, 2.75) is 6.54 Å². The SMILES string of the molecule is COc1ccc(OC)c(-c2cnc(-c3cccc(CNC(=O)c4cc(Cl)ccc4F)c3)[nH]2)c1. The molecule has 0 saturated carbocycles. The number of nitrogens with zero attached hydrogens (tertiary/aromatic N) is 1. The van der Waals surface area contributed by atoms with E-state index in [1.165, 1.54) is 18.2 Å². The number of carbonyl (C=O) groups is 1. The minimum atomic E-state index is -0.623. The first-order chi connectivity index (χ1) is 16.0. The maximum Gasteiger partial charge on any atom is 0.254 e. The minimum absolute atomic E-state index is 0.0958. The molecule has 1 aromatic heterocycles. The average molecular weight is 466 g/mol. The fraction of sp³-hybridized carbons (Fsp3) is 0.120. The zero-order chi connectivity index (χ0) is 23.4. The maximum absolute atomic E-state index is 13.9. The van der Waals surface area contributed by atoms with Crippen LogP contribution in [0, 0.1) is 5.82 Å². The molecule has 1 heterocycles. The number of benzene rings is 3. The first kappa shape index (κ1) is 22.4. The van der Waals surface area contributed by atoms with E-state index in [1.54, 1.807) is 20.4 Å². The standard InChI is InChI=1S/C25H21ClFN3O3/c1-32-18-7-9-23(33-2)20(12-18)22-14-28-24(30-22)16-5-3-4-15(10-16)13-29-25(31)19-11-17(26)6-8-21(19)27/h3-12,14H,13H2,1-2H3,(H,28,30)(H,29,31). The van der Waals surface area contributed by atoms with E-state index in [1.807, 2.05) is 42.5 Å². The van der Waals surface area contributed by atoms with Crippen molar-refractivity contribution in [1.82, 2.24) is 15.3 Å². The van der Waals surface area contributed by atoms with Crippen molar-refractivity contribution in [2.24, 2.45) is 0 Å². The predicted molar refractivity (Wildman–Crippen MR) is 125 cm³/mol. The van der Waals surface area contributed by atoms with Crippen molar-refractivity contribution in [2.75, 3.05) is 14.2 Å². The molecule has 0 atom stereocenters. The van der Waals surface area contributed by atoms with Crippen LogP contribution < -0.4 is 14.8 Å². The van der Waals surface area contributed by atoms with Gasteiger partial charge in [-0.2, -0.15) is 0 Å². The summed E-state index contributed by atoms with van der Waals surface area (Å²) in [5.41, 5.74) is 3.17. The van der Waals surface area contributed by atoms with E-state index >= 15 is 0 Å². The van der Waals surface area contributed by atoms with Crippen molar-refractivity contribution in [3.05, 3.63) is 88.8 Å². The Hall–Kier alpha value is -3.84. The van der Waals surface area contributed by atoms with Crippen LogP contribution >= 0.6 is 11.6 Å². The van der Waals surface area contributed by atoms with Gasteiger partial charge < -0.3 is 19.8 Å². The van der Waals surface area contributed by atoms with Gasteiger partial charge in [0.05, 0.1) is 31.7 Å². The van der Waals surface area contributed by atoms with Crippen molar-refractivity contribution in [1.29, 1.82) is 0 Å². The average Bonchev–Trinajstić information content (AvgIpc) is 3.34. The minimum Gasteiger partial charge on any atom is -0.497 e. The van der Waals surface area contributed by atoms with Gasteiger partial charge in [0.2, 0.25) is 0 Å². The van der Waals surface area contributed by atoms with Gasteiger partial charge >= 0.3 is 0 Å². The van der Waals surface area contributed by atoms with Crippen molar-refractivity contribution >= 4 is 17.5 Å². The second kappa shape index (κ2) is 9.75. The number of aromatic amines is 1. The Morgan fingerprint density at radius 2 is 1.94 bits per heavy atom. The normalized spacial score (nSPS) is 10.7. The number of halogens is 2. The number of imidazole rings is 1. The fourth-order valence-corrected chi connectivity index (χ4v) is 3.58. The zero-order valence-corrected chi connectivity index (χ0v) is 18.7. The monoisotopic (exact) mass is 465 g/mol. The molecular formula is C25H21ClFN3O3. The molecule has 1 amide bonds. The third-order valence-corrected chi connectivity index (χ3v) is 5.33. The molecule has 3 aromatic carbocycles. The van der Waals surface area contributed by atoms with E-state index in [4.69, 9.17) is 21.1 Å². The Bertz CT molecular complexity index is 1310. The van der Waals surface area contributed by atoms with Gasteiger partial charge in [0, 0.05) is 22.7 Å². The van der Waals surface area contributed by atoms with Crippen molar-refractivity contribution in [3.8, 4) is 34.1 Å². The lowest BCUT2D eigenvalue weighted by Crippen LogP contribution is -2.23. The molecule has 0 radical (unpaired) electrons. The number of nitrogens with one attached hydrogen (secondary N) is 2. The second-order valence-electron chi connectivity index (χ2n) is 7.22. The van der Waals surface area contributed by atoms with E-state index in [-0.39, 0.29) is 12.1 Å². The summed E-state index contributed by atoms with van der Waals surface area (Å²) in [5.74, 6) is 0.892. The molecule has 0 aliphatic rings. The van der Waals surface area contributed by atoms with E-state index < -0.39 is 11.7 Å². The summed E-state index contributed by atoms with van der Waals surface area (Å²) >= 11 is 5.88. The van der Waals surface area contributed by atoms with E-state index in [0.29, 0.717) is 22.3 Å². The number of carbonyl (C=O) groups excluding carboxylic acids is 1. The highest BCUT2D eigenvalue weighted by molar-refractivity contribution is 6.31. The molecule has 4 aromatic rings. The second-order valence-corrected chi connectivity index (χ2v) is 7.66. The summed E-state index contributed by atoms with van der Waals surface area (Å²) in [7, 11) is 3.21. The number of hydrogen-bond acceptors (Lipinski definition) is 4. The molecular weight excluding hydrogens is 445 g/mol. The van der Waals surface area contributed by atoms with Crippen LogP contribution in [0.5, 0.6) is 11.5 Å². The molecule has 0 saturated heterocycles. The maximum atomic E-state index is 13.9. The topological polar surface area (TPSA) is 76.2 Å². The molecule has 2 N–H and O–H groups in total. The van der Waals surface area contributed by atoms with Crippen molar-refractivity contribution < 1.29 is 18.7 Å². The van der Waals surface area contributed by atoms with Gasteiger partial charge in [0.1, 0.15) is 23.1 Å². The number of amides is 1. The molecule has 6 nitrogen and oxygen atoms in total. The van der Waals surface area contributed by atoms with Gasteiger partial charge in [-0.3, -0.25) is 4.79 Å². The van der Waals surface area contributed by atoms with E-state index in [9.17, 15) is 9.18 Å². The summed E-state index contributed by atoms with van der Waals surface area (Å²) in [6.45, 7) is 0.218. The predicted octanol–water partition coefficient (Wildman–Crippen LogP) is 5.48. The molecule has 0 aliphatic carbocycles. The molecule has 8 heteroatoms. The summed E-state index contributed by atoms with van der Waals surface area (Å²) in [5, 5.41) is 3.02. The zero-order valence-electron chi connectivity index (χ0n) is 18.0. The Morgan fingerprint density at radius 3 is 2.73 bits per heavy atom. The number of methoxy groups -OCH3 is 2. The van der Waals surface area contributed by atoms with Gasteiger partial charge in [-0.05, 0) is 48.0 Å². The van der Waals surface area contributed by atoms with Gasteiger partial charge in [-0.25, -0.2) is 9.37 Å². The van der Waals surface area contributed by atoms with Crippen LogP contribution in [-0.2, 0) is 6.54 Å². The Labute approximate surface area is 195 Å². The third kappa shape index (κ3) is 4.99. The number of ether oxygens (including phenoxy) is 2. The first-order valence-electron chi connectivity index (χ1n) is 10.1. The molecule has 0 bridgehead atoms. The summed E-state index contributed by atoms with van der Waals surface area (Å²) < 4.78 is 24.7. The van der Waals surface area contributed by atoms with E-state index in [2.05, 4.69) is 15.3 Å². The van der Waals surface area contributed by atoms with Crippen LogP contribution in [-0.4, -0.2) is 30.1 Å². The molecule has 168 valence electrons. The number of hydrogen-bond donors (Lipinski definition) is 2. The first-order valence-corrected chi connectivity index (χ1v) is 10.5. The lowest BCUT2D eigenvalue weighted by atomic mass is 10.1. The Balaban J connectivity index is 1.53. The van der Waals surface area contributed by atoms with Crippen LogP contribution in [0.3, 0.4) is 0 Å². The summed E-state index contributed by atoms with van der Waals surface area (Å²) in [4.78, 5) is 20.2. The Morgan fingerprint density at radius 1 is 1.09 bits per heavy atom. The summed E-state index contributed by atoms with van der Waals surface area (Å²) in [6, 6.07) is 17.0. The van der Waals surface area contributed by atoms with Gasteiger partial charge in [-0.1, -0.05) is 29.8 Å². The van der Waals surface area contributed by atoms with Gasteiger partial charge in [-0.15, -0.1) is 0 Å². The lowest BCUT2D eigenvalue weighted by molar-refractivity contribution is 0.0947. The molecule has 0 spiro atoms. The number of aromatic nitrogens is 2. The van der Waals surface area contributed by atoms with Crippen LogP contribution in [0.2, 0.25) is 5.02 Å². The highest BCUT2D eigenvalue weighted by Crippen LogP contribution is 2.33.